The number of hydrogen-bond acceptors (Lipinski definition) is 7. The first kappa shape index (κ1) is 15.2. The van der Waals surface area contributed by atoms with E-state index in [4.69, 9.17) is 23.7 Å². The van der Waals surface area contributed by atoms with Crippen LogP contribution in [0.15, 0.2) is 0 Å². The van der Waals surface area contributed by atoms with Gasteiger partial charge < -0.3 is 23.7 Å². The van der Waals surface area contributed by atoms with E-state index in [1.54, 1.807) is 13.8 Å². The van der Waals surface area contributed by atoms with Crippen LogP contribution >= 0.6 is 0 Å². The molecule has 2 rings (SSSR count). The summed E-state index contributed by atoms with van der Waals surface area (Å²) in [7, 11) is 0. The topological polar surface area (TPSA) is 80.3 Å². The fourth-order valence-corrected chi connectivity index (χ4v) is 2.43. The fraction of sp³-hybridized carbons (Fsp3) is 0.846. The zero-order valence-corrected chi connectivity index (χ0v) is 12.1. The molecule has 7 heteroatoms. The largest absolute Gasteiger partial charge is 0.466 e. The molecule has 0 amide bonds. The summed E-state index contributed by atoms with van der Waals surface area (Å²) < 4.78 is 27.2. The van der Waals surface area contributed by atoms with E-state index in [9.17, 15) is 9.59 Å². The quantitative estimate of drug-likeness (QED) is 0.706. The maximum absolute atomic E-state index is 11.2. The van der Waals surface area contributed by atoms with Gasteiger partial charge in [0, 0.05) is 20.3 Å². The molecule has 7 nitrogen and oxygen atoms in total. The molecule has 0 radical (unpaired) electrons. The molecule has 0 aliphatic carbocycles. The number of rotatable bonds is 4. The lowest BCUT2D eigenvalue weighted by Gasteiger charge is -2.25. The van der Waals surface area contributed by atoms with Crippen LogP contribution in [0.1, 0.15) is 34.1 Å². The highest BCUT2D eigenvalue weighted by Crippen LogP contribution is 2.39. The minimum atomic E-state index is -0.769. The van der Waals surface area contributed by atoms with Crippen LogP contribution in [0.5, 0.6) is 0 Å². The van der Waals surface area contributed by atoms with Gasteiger partial charge in [0.25, 0.3) is 0 Å². The molecule has 0 aromatic carbocycles. The Kier molecular flexibility index (Phi) is 4.31. The smallest absolute Gasteiger partial charge is 0.303 e. The maximum Gasteiger partial charge on any atom is 0.303 e. The monoisotopic (exact) mass is 288 g/mol. The van der Waals surface area contributed by atoms with Crippen LogP contribution in [0, 0.1) is 0 Å². The van der Waals surface area contributed by atoms with Crippen LogP contribution in [0.2, 0.25) is 0 Å². The first-order valence-electron chi connectivity index (χ1n) is 6.60. The number of fused-ring (bicyclic) bond motifs is 1. The molecule has 0 N–H and O–H groups in total. The lowest BCUT2D eigenvalue weighted by molar-refractivity contribution is -0.219. The number of carbonyl (C=O) groups excluding carboxylic acids is 2. The van der Waals surface area contributed by atoms with E-state index < -0.39 is 36.4 Å². The molecule has 4 atom stereocenters. The number of ether oxygens (including phenoxy) is 5. The Balaban J connectivity index is 1.98. The van der Waals surface area contributed by atoms with E-state index in [-0.39, 0.29) is 12.6 Å². The van der Waals surface area contributed by atoms with Crippen molar-refractivity contribution < 1.29 is 33.3 Å². The van der Waals surface area contributed by atoms with Crippen molar-refractivity contribution in [2.45, 2.75) is 64.5 Å². The van der Waals surface area contributed by atoms with Crippen molar-refractivity contribution in [3.63, 3.8) is 0 Å². The molecular weight excluding hydrogens is 268 g/mol. The van der Waals surface area contributed by atoms with E-state index in [0.717, 1.165) is 0 Å². The molecule has 0 aromatic rings. The Morgan fingerprint density at radius 1 is 1.15 bits per heavy atom. The molecule has 20 heavy (non-hydrogen) atoms. The molecule has 0 aromatic heterocycles. The summed E-state index contributed by atoms with van der Waals surface area (Å²) in [5.74, 6) is -1.54. The van der Waals surface area contributed by atoms with Crippen molar-refractivity contribution in [2.75, 3.05) is 6.61 Å². The number of esters is 2. The molecule has 0 saturated carbocycles. The van der Waals surface area contributed by atoms with E-state index in [1.807, 2.05) is 0 Å². The summed E-state index contributed by atoms with van der Waals surface area (Å²) >= 11 is 0. The molecule has 2 aliphatic heterocycles. The summed E-state index contributed by atoms with van der Waals surface area (Å²) in [6, 6.07) is 0. The van der Waals surface area contributed by atoms with E-state index in [0.29, 0.717) is 6.42 Å². The van der Waals surface area contributed by atoms with Crippen molar-refractivity contribution in [3.8, 4) is 0 Å². The highest BCUT2D eigenvalue weighted by atomic mass is 16.8. The first-order chi connectivity index (χ1) is 9.28. The van der Waals surface area contributed by atoms with Crippen LogP contribution in [0.4, 0.5) is 0 Å². The van der Waals surface area contributed by atoms with Crippen molar-refractivity contribution >= 4 is 11.9 Å². The summed E-state index contributed by atoms with van der Waals surface area (Å²) in [6.45, 7) is 6.40. The van der Waals surface area contributed by atoms with Gasteiger partial charge in [-0.15, -0.1) is 0 Å². The van der Waals surface area contributed by atoms with E-state index >= 15 is 0 Å². The molecule has 2 fully saturated rings. The predicted octanol–water partition coefficient (Wildman–Crippen LogP) is 0.748. The van der Waals surface area contributed by atoms with Gasteiger partial charge in [-0.2, -0.15) is 0 Å². The number of hydrogen-bond donors (Lipinski definition) is 0. The second kappa shape index (κ2) is 5.67. The van der Waals surface area contributed by atoms with Gasteiger partial charge in [-0.05, 0) is 13.8 Å². The minimum Gasteiger partial charge on any atom is -0.466 e. The predicted molar refractivity (Wildman–Crippen MR) is 65.5 cm³/mol. The number of carbonyl (C=O) groups is 2. The van der Waals surface area contributed by atoms with Crippen LogP contribution < -0.4 is 0 Å². The normalized spacial score (nSPS) is 34.6. The van der Waals surface area contributed by atoms with Gasteiger partial charge in [-0.25, -0.2) is 0 Å². The summed E-state index contributed by atoms with van der Waals surface area (Å²) in [5, 5.41) is 0. The van der Waals surface area contributed by atoms with Crippen LogP contribution in [-0.2, 0) is 33.3 Å². The van der Waals surface area contributed by atoms with Gasteiger partial charge >= 0.3 is 11.9 Å². The molecule has 2 saturated heterocycles. The van der Waals surface area contributed by atoms with Crippen LogP contribution in [-0.4, -0.2) is 48.9 Å². The third kappa shape index (κ3) is 3.47. The van der Waals surface area contributed by atoms with Crippen molar-refractivity contribution in [2.24, 2.45) is 0 Å². The molecule has 0 unspecified atom stereocenters. The second-order valence-corrected chi connectivity index (χ2v) is 5.35. The summed E-state index contributed by atoms with van der Waals surface area (Å²) in [5.41, 5.74) is 0. The second-order valence-electron chi connectivity index (χ2n) is 5.35. The highest BCUT2D eigenvalue weighted by Gasteiger charge is 2.56. The highest BCUT2D eigenvalue weighted by molar-refractivity contribution is 5.66. The Morgan fingerprint density at radius 3 is 2.45 bits per heavy atom. The van der Waals surface area contributed by atoms with Gasteiger partial charge in [0.05, 0.1) is 6.61 Å². The van der Waals surface area contributed by atoms with Gasteiger partial charge in [0.1, 0.15) is 6.10 Å². The Morgan fingerprint density at radius 2 is 1.85 bits per heavy atom. The van der Waals surface area contributed by atoms with Crippen molar-refractivity contribution in [1.29, 1.82) is 0 Å². The third-order valence-electron chi connectivity index (χ3n) is 3.10. The van der Waals surface area contributed by atoms with Gasteiger partial charge in [0.15, 0.2) is 24.3 Å². The molecule has 2 heterocycles. The maximum atomic E-state index is 11.2. The average molecular weight is 288 g/mol. The van der Waals surface area contributed by atoms with Crippen molar-refractivity contribution in [1.82, 2.24) is 0 Å². The third-order valence-corrected chi connectivity index (χ3v) is 3.10. The molecule has 0 bridgehead atoms. The van der Waals surface area contributed by atoms with E-state index in [1.165, 1.54) is 13.8 Å². The zero-order chi connectivity index (χ0) is 14.9. The standard InChI is InChI=1S/C13H20O7/c1-7(14)16-6-5-9-10(17-8(2)15)11-12(18-9)20-13(3,4)19-11/h9-12H,5-6H2,1-4H3/t9-,10+,11-,12-/m1/s1. The Hall–Kier alpha value is -1.18. The molecule has 114 valence electrons. The molecular formula is C13H20O7. The van der Waals surface area contributed by atoms with Gasteiger partial charge in [0.2, 0.25) is 0 Å². The average Bonchev–Trinajstić information content (AvgIpc) is 2.72. The van der Waals surface area contributed by atoms with Crippen molar-refractivity contribution in [3.05, 3.63) is 0 Å². The zero-order valence-electron chi connectivity index (χ0n) is 12.1. The SMILES string of the molecule is CC(=O)OCC[C@H]1O[C@@H]2OC(C)(C)O[C@@H]2[C@H]1OC(C)=O. The fourth-order valence-electron chi connectivity index (χ4n) is 2.43. The summed E-state index contributed by atoms with van der Waals surface area (Å²) in [6.07, 6.45) is -1.59. The molecule has 2 aliphatic rings. The minimum absolute atomic E-state index is 0.195. The van der Waals surface area contributed by atoms with Gasteiger partial charge in [-0.1, -0.05) is 0 Å². The van der Waals surface area contributed by atoms with Crippen LogP contribution in [0.3, 0.4) is 0 Å². The van der Waals surface area contributed by atoms with Crippen LogP contribution in [0.25, 0.3) is 0 Å². The summed E-state index contributed by atoms with van der Waals surface area (Å²) in [4.78, 5) is 22.0. The lowest BCUT2D eigenvalue weighted by Crippen LogP contribution is -2.38. The van der Waals surface area contributed by atoms with Gasteiger partial charge in [-0.3, -0.25) is 9.59 Å². The Labute approximate surface area is 117 Å². The lowest BCUT2D eigenvalue weighted by atomic mass is 10.1. The van der Waals surface area contributed by atoms with E-state index in [2.05, 4.69) is 0 Å². The first-order valence-corrected chi connectivity index (χ1v) is 6.60. The molecule has 0 spiro atoms. The Bertz CT molecular complexity index is 392.